The molecule has 0 aliphatic rings. The average Bonchev–Trinajstić information content (AvgIpc) is 3.28. The standard InChI is InChI=1S/C28H34N4O3S/c1-19(2)32(27(35)23-14-10-20(3)11-15-23)17-26(34)31-28-30-24(18-36-28)16-25(33)29-21(4)12-13-22-8-6-5-7-9-22/h5-11,14-15,18-19,21H,12-13,16-17H2,1-4H3,(H,29,33)(H,30,31,34). The SMILES string of the molecule is Cc1ccc(C(=O)N(CC(=O)Nc2nc(CC(=O)NC(C)CCc3ccccc3)cs2)C(C)C)cc1. The number of aryl methyl sites for hydroxylation is 2. The van der Waals surface area contributed by atoms with Gasteiger partial charge in [0.25, 0.3) is 5.91 Å². The molecule has 1 atom stereocenters. The second-order valence-corrected chi connectivity index (χ2v) is 10.1. The monoisotopic (exact) mass is 506 g/mol. The number of carbonyl (C=O) groups is 3. The molecule has 0 saturated heterocycles. The van der Waals surface area contributed by atoms with E-state index in [1.165, 1.54) is 21.8 Å². The lowest BCUT2D eigenvalue weighted by atomic mass is 10.1. The molecule has 0 aliphatic carbocycles. The van der Waals surface area contributed by atoms with E-state index in [2.05, 4.69) is 27.8 Å². The normalized spacial score (nSPS) is 11.7. The highest BCUT2D eigenvalue weighted by Gasteiger charge is 2.22. The summed E-state index contributed by atoms with van der Waals surface area (Å²) in [4.78, 5) is 43.9. The van der Waals surface area contributed by atoms with Crippen molar-refractivity contribution in [3.05, 3.63) is 82.4 Å². The Morgan fingerprint density at radius 1 is 0.972 bits per heavy atom. The molecular formula is C28H34N4O3S. The van der Waals surface area contributed by atoms with Crippen LogP contribution >= 0.6 is 11.3 Å². The average molecular weight is 507 g/mol. The van der Waals surface area contributed by atoms with Crippen molar-refractivity contribution in [1.82, 2.24) is 15.2 Å². The largest absolute Gasteiger partial charge is 0.353 e. The third-order valence-electron chi connectivity index (χ3n) is 5.75. The van der Waals surface area contributed by atoms with E-state index in [0.717, 1.165) is 18.4 Å². The summed E-state index contributed by atoms with van der Waals surface area (Å²) < 4.78 is 0. The van der Waals surface area contributed by atoms with Crippen molar-refractivity contribution in [3.8, 4) is 0 Å². The molecule has 3 rings (SSSR count). The van der Waals surface area contributed by atoms with Crippen LogP contribution in [-0.4, -0.2) is 46.2 Å². The summed E-state index contributed by atoms with van der Waals surface area (Å²) in [6.45, 7) is 7.62. The highest BCUT2D eigenvalue weighted by atomic mass is 32.1. The van der Waals surface area contributed by atoms with E-state index < -0.39 is 0 Å². The second-order valence-electron chi connectivity index (χ2n) is 9.25. The molecule has 8 heteroatoms. The predicted octanol–water partition coefficient (Wildman–Crippen LogP) is 4.62. The number of benzene rings is 2. The zero-order chi connectivity index (χ0) is 26.1. The fourth-order valence-electron chi connectivity index (χ4n) is 3.70. The summed E-state index contributed by atoms with van der Waals surface area (Å²) in [5.41, 5.74) is 3.45. The quantitative estimate of drug-likeness (QED) is 0.397. The first kappa shape index (κ1) is 27.1. The summed E-state index contributed by atoms with van der Waals surface area (Å²) in [5, 5.41) is 7.95. The molecule has 0 bridgehead atoms. The predicted molar refractivity (Wildman–Crippen MR) is 144 cm³/mol. The molecule has 0 aliphatic heterocycles. The van der Waals surface area contributed by atoms with Crippen LogP contribution in [0.3, 0.4) is 0 Å². The molecule has 1 heterocycles. The zero-order valence-corrected chi connectivity index (χ0v) is 22.1. The highest BCUT2D eigenvalue weighted by Crippen LogP contribution is 2.17. The number of nitrogens with zero attached hydrogens (tertiary/aromatic N) is 2. The van der Waals surface area contributed by atoms with E-state index in [4.69, 9.17) is 0 Å². The summed E-state index contributed by atoms with van der Waals surface area (Å²) in [6.07, 6.45) is 1.89. The number of hydrogen-bond acceptors (Lipinski definition) is 5. The van der Waals surface area contributed by atoms with Gasteiger partial charge in [-0.2, -0.15) is 0 Å². The van der Waals surface area contributed by atoms with Gasteiger partial charge in [-0.1, -0.05) is 48.0 Å². The van der Waals surface area contributed by atoms with Gasteiger partial charge in [-0.15, -0.1) is 11.3 Å². The molecule has 3 amide bonds. The van der Waals surface area contributed by atoms with Crippen LogP contribution in [0.5, 0.6) is 0 Å². The minimum atomic E-state index is -0.330. The Bertz CT molecular complexity index is 1160. The minimum absolute atomic E-state index is 0.0450. The minimum Gasteiger partial charge on any atom is -0.353 e. The van der Waals surface area contributed by atoms with Gasteiger partial charge in [0.2, 0.25) is 11.8 Å². The number of nitrogens with one attached hydrogen (secondary N) is 2. The summed E-state index contributed by atoms with van der Waals surface area (Å²) in [6, 6.07) is 17.4. The molecule has 0 saturated carbocycles. The van der Waals surface area contributed by atoms with Crippen LogP contribution in [0.25, 0.3) is 0 Å². The van der Waals surface area contributed by atoms with Crippen molar-refractivity contribution >= 4 is 34.2 Å². The van der Waals surface area contributed by atoms with Crippen LogP contribution in [0.1, 0.15) is 54.4 Å². The number of anilines is 1. The molecule has 0 spiro atoms. The Morgan fingerprint density at radius 3 is 2.33 bits per heavy atom. The smallest absolute Gasteiger partial charge is 0.254 e. The number of rotatable bonds is 11. The maximum absolute atomic E-state index is 12.9. The molecule has 1 unspecified atom stereocenters. The summed E-state index contributed by atoms with van der Waals surface area (Å²) in [7, 11) is 0. The Kier molecular flexibility index (Phi) is 9.76. The molecule has 36 heavy (non-hydrogen) atoms. The van der Waals surface area contributed by atoms with Crippen molar-refractivity contribution in [3.63, 3.8) is 0 Å². The molecule has 7 nitrogen and oxygen atoms in total. The maximum atomic E-state index is 12.9. The van der Waals surface area contributed by atoms with E-state index in [0.29, 0.717) is 16.4 Å². The summed E-state index contributed by atoms with van der Waals surface area (Å²) >= 11 is 1.26. The van der Waals surface area contributed by atoms with E-state index in [1.54, 1.807) is 17.5 Å². The highest BCUT2D eigenvalue weighted by molar-refractivity contribution is 7.13. The van der Waals surface area contributed by atoms with E-state index in [1.807, 2.05) is 58.0 Å². The van der Waals surface area contributed by atoms with Crippen molar-refractivity contribution in [2.45, 2.75) is 59.0 Å². The number of amides is 3. The van der Waals surface area contributed by atoms with Gasteiger partial charge >= 0.3 is 0 Å². The van der Waals surface area contributed by atoms with Gasteiger partial charge < -0.3 is 15.5 Å². The first-order valence-corrected chi connectivity index (χ1v) is 13.0. The second kappa shape index (κ2) is 13.0. The summed E-state index contributed by atoms with van der Waals surface area (Å²) in [5.74, 6) is -0.629. The Hall–Kier alpha value is -3.52. The van der Waals surface area contributed by atoms with Crippen molar-refractivity contribution in [2.24, 2.45) is 0 Å². The lowest BCUT2D eigenvalue weighted by Crippen LogP contribution is -2.42. The first-order chi connectivity index (χ1) is 17.2. The van der Waals surface area contributed by atoms with Crippen LogP contribution in [-0.2, 0) is 22.4 Å². The third kappa shape index (κ3) is 8.30. The van der Waals surface area contributed by atoms with E-state index in [9.17, 15) is 14.4 Å². The molecule has 0 radical (unpaired) electrons. The van der Waals surface area contributed by atoms with Gasteiger partial charge in [-0.3, -0.25) is 14.4 Å². The van der Waals surface area contributed by atoms with Crippen molar-refractivity contribution in [2.75, 3.05) is 11.9 Å². The molecular weight excluding hydrogens is 472 g/mol. The van der Waals surface area contributed by atoms with Gasteiger partial charge in [-0.05, 0) is 58.2 Å². The Morgan fingerprint density at radius 2 is 1.67 bits per heavy atom. The van der Waals surface area contributed by atoms with Gasteiger partial charge in [0.1, 0.15) is 6.54 Å². The van der Waals surface area contributed by atoms with Crippen LogP contribution < -0.4 is 10.6 Å². The maximum Gasteiger partial charge on any atom is 0.254 e. The van der Waals surface area contributed by atoms with E-state index in [-0.39, 0.29) is 42.8 Å². The van der Waals surface area contributed by atoms with Gasteiger partial charge in [0.15, 0.2) is 5.13 Å². The third-order valence-corrected chi connectivity index (χ3v) is 6.56. The van der Waals surface area contributed by atoms with Crippen LogP contribution in [0.2, 0.25) is 0 Å². The van der Waals surface area contributed by atoms with Crippen LogP contribution in [0.15, 0.2) is 60.0 Å². The number of carbonyl (C=O) groups excluding carboxylic acids is 3. The van der Waals surface area contributed by atoms with Gasteiger partial charge in [0.05, 0.1) is 12.1 Å². The molecule has 1 aromatic heterocycles. The number of thiazole rings is 1. The van der Waals surface area contributed by atoms with E-state index >= 15 is 0 Å². The molecule has 0 fully saturated rings. The Labute approximate surface area is 216 Å². The van der Waals surface area contributed by atoms with Crippen molar-refractivity contribution in [1.29, 1.82) is 0 Å². The molecule has 3 aromatic rings. The lowest BCUT2D eigenvalue weighted by molar-refractivity contribution is -0.121. The zero-order valence-electron chi connectivity index (χ0n) is 21.3. The van der Waals surface area contributed by atoms with Crippen LogP contribution in [0, 0.1) is 6.92 Å². The molecule has 2 N–H and O–H groups in total. The fourth-order valence-corrected chi connectivity index (χ4v) is 4.43. The van der Waals surface area contributed by atoms with Gasteiger partial charge in [-0.25, -0.2) is 4.98 Å². The number of hydrogen-bond donors (Lipinski definition) is 2. The molecule has 190 valence electrons. The van der Waals surface area contributed by atoms with Crippen LogP contribution in [0.4, 0.5) is 5.13 Å². The lowest BCUT2D eigenvalue weighted by Gasteiger charge is -2.26. The number of aromatic nitrogens is 1. The topological polar surface area (TPSA) is 91.4 Å². The fraction of sp³-hybridized carbons (Fsp3) is 0.357. The van der Waals surface area contributed by atoms with Gasteiger partial charge in [0, 0.05) is 23.0 Å². The first-order valence-electron chi connectivity index (χ1n) is 12.2. The molecule has 2 aromatic carbocycles. The Balaban J connectivity index is 1.48. The van der Waals surface area contributed by atoms with Crippen molar-refractivity contribution < 1.29 is 14.4 Å².